The van der Waals surface area contributed by atoms with Crippen molar-refractivity contribution >= 4 is 21.9 Å². The molecule has 1 aromatic carbocycles. The predicted octanol–water partition coefficient (Wildman–Crippen LogP) is 1.70. The maximum atomic E-state index is 12.2. The Morgan fingerprint density at radius 3 is 2.62 bits per heavy atom. The SMILES string of the molecule is Cc1nc(S(=O)(=O)NCCC(=O)OCC(=O)NC(C)c2ccc3c(c2)CCCC3)cn1C. The van der Waals surface area contributed by atoms with Crippen LogP contribution in [0.15, 0.2) is 29.4 Å². The minimum absolute atomic E-state index is 0.110. The molecule has 1 heterocycles. The minimum Gasteiger partial charge on any atom is -0.456 e. The molecule has 0 aliphatic heterocycles. The van der Waals surface area contributed by atoms with Gasteiger partial charge < -0.3 is 14.6 Å². The highest BCUT2D eigenvalue weighted by molar-refractivity contribution is 7.89. The van der Waals surface area contributed by atoms with Gasteiger partial charge in [0.25, 0.3) is 15.9 Å². The van der Waals surface area contributed by atoms with Gasteiger partial charge in [0.05, 0.1) is 12.5 Å². The van der Waals surface area contributed by atoms with Crippen molar-refractivity contribution in [1.29, 1.82) is 0 Å². The monoisotopic (exact) mass is 462 g/mol. The van der Waals surface area contributed by atoms with E-state index < -0.39 is 28.5 Å². The fourth-order valence-corrected chi connectivity index (χ4v) is 4.69. The number of imidazole rings is 1. The molecular weight excluding hydrogens is 432 g/mol. The van der Waals surface area contributed by atoms with Gasteiger partial charge in [-0.1, -0.05) is 18.2 Å². The van der Waals surface area contributed by atoms with Crippen molar-refractivity contribution < 1.29 is 22.7 Å². The fraction of sp³-hybridized carbons (Fsp3) is 0.500. The van der Waals surface area contributed by atoms with Gasteiger partial charge in [-0.2, -0.15) is 0 Å². The molecular formula is C22H30N4O5S. The van der Waals surface area contributed by atoms with E-state index in [0.29, 0.717) is 5.82 Å². The third-order valence-electron chi connectivity index (χ3n) is 5.60. The maximum Gasteiger partial charge on any atom is 0.307 e. The van der Waals surface area contributed by atoms with Gasteiger partial charge >= 0.3 is 5.97 Å². The lowest BCUT2D eigenvalue weighted by Gasteiger charge is -2.20. The molecule has 1 unspecified atom stereocenters. The summed E-state index contributed by atoms with van der Waals surface area (Å²) in [4.78, 5) is 28.0. The molecule has 32 heavy (non-hydrogen) atoms. The standard InChI is InChI=1S/C22H30N4O5S/c1-15(18-9-8-17-6-4-5-7-19(17)12-18)24-20(27)14-31-22(28)10-11-23-32(29,30)21-13-26(3)16(2)25-21/h8-9,12-13,15,23H,4-7,10-11,14H2,1-3H3,(H,24,27). The third-order valence-corrected chi connectivity index (χ3v) is 6.93. The van der Waals surface area contributed by atoms with E-state index in [-0.39, 0.29) is 24.0 Å². The number of rotatable bonds is 9. The van der Waals surface area contributed by atoms with Crippen molar-refractivity contribution in [2.45, 2.75) is 57.0 Å². The zero-order chi connectivity index (χ0) is 23.3. The summed E-state index contributed by atoms with van der Waals surface area (Å²) in [5.74, 6) is -0.519. The molecule has 0 saturated heterocycles. The third kappa shape index (κ3) is 6.17. The largest absolute Gasteiger partial charge is 0.456 e. The Morgan fingerprint density at radius 1 is 1.22 bits per heavy atom. The number of benzene rings is 1. The topological polar surface area (TPSA) is 119 Å². The Balaban J connectivity index is 1.40. The number of aryl methyl sites for hydroxylation is 4. The molecule has 1 amide bonds. The van der Waals surface area contributed by atoms with Gasteiger partial charge in [0, 0.05) is 19.8 Å². The zero-order valence-corrected chi connectivity index (χ0v) is 19.5. The average molecular weight is 463 g/mol. The number of carbonyl (C=O) groups excluding carboxylic acids is 2. The van der Waals surface area contributed by atoms with Crippen LogP contribution in [0.4, 0.5) is 0 Å². The number of nitrogens with one attached hydrogen (secondary N) is 2. The predicted molar refractivity (Wildman–Crippen MR) is 118 cm³/mol. The van der Waals surface area contributed by atoms with Gasteiger partial charge in [-0.15, -0.1) is 0 Å². The van der Waals surface area contributed by atoms with E-state index in [2.05, 4.69) is 27.2 Å². The van der Waals surface area contributed by atoms with Crippen LogP contribution in [-0.4, -0.2) is 43.0 Å². The van der Waals surface area contributed by atoms with Crippen LogP contribution in [0.1, 0.15) is 54.7 Å². The summed E-state index contributed by atoms with van der Waals surface area (Å²) in [6.07, 6.45) is 5.76. The number of hydrogen-bond donors (Lipinski definition) is 2. The second-order valence-electron chi connectivity index (χ2n) is 8.07. The number of ether oxygens (including phenoxy) is 1. The number of sulfonamides is 1. The van der Waals surface area contributed by atoms with Crippen LogP contribution in [0.3, 0.4) is 0 Å². The summed E-state index contributed by atoms with van der Waals surface area (Å²) in [6, 6.07) is 6.08. The smallest absolute Gasteiger partial charge is 0.307 e. The zero-order valence-electron chi connectivity index (χ0n) is 18.7. The number of carbonyl (C=O) groups is 2. The van der Waals surface area contributed by atoms with Crippen LogP contribution < -0.4 is 10.0 Å². The molecule has 2 N–H and O–H groups in total. The summed E-state index contributed by atoms with van der Waals surface area (Å²) < 4.78 is 33.2. The first kappa shape index (κ1) is 23.9. The van der Waals surface area contributed by atoms with E-state index in [0.717, 1.165) is 18.4 Å². The van der Waals surface area contributed by atoms with Gasteiger partial charge in [0.15, 0.2) is 11.6 Å². The number of aromatic nitrogens is 2. The molecule has 1 aliphatic rings. The Bertz CT molecular complexity index is 1070. The Kier molecular flexibility index (Phi) is 7.68. The fourth-order valence-electron chi connectivity index (χ4n) is 3.62. The second kappa shape index (κ2) is 10.3. The normalized spacial score (nSPS) is 14.5. The van der Waals surface area contributed by atoms with Crippen molar-refractivity contribution in [3.8, 4) is 0 Å². The highest BCUT2D eigenvalue weighted by atomic mass is 32.2. The first-order chi connectivity index (χ1) is 15.2. The van der Waals surface area contributed by atoms with Gasteiger partial charge in [0.1, 0.15) is 5.82 Å². The summed E-state index contributed by atoms with van der Waals surface area (Å²) >= 11 is 0. The first-order valence-corrected chi connectivity index (χ1v) is 12.2. The number of hydrogen-bond acceptors (Lipinski definition) is 6. The summed E-state index contributed by atoms with van der Waals surface area (Å²) in [7, 11) is -2.12. The van der Waals surface area contributed by atoms with Gasteiger partial charge in [-0.05, 0) is 56.2 Å². The number of amides is 1. The quantitative estimate of drug-likeness (QED) is 0.548. The lowest BCUT2D eigenvalue weighted by molar-refractivity contribution is -0.148. The molecule has 174 valence electrons. The Morgan fingerprint density at radius 2 is 1.94 bits per heavy atom. The van der Waals surface area contributed by atoms with E-state index in [9.17, 15) is 18.0 Å². The van der Waals surface area contributed by atoms with Gasteiger partial charge in [-0.25, -0.2) is 18.1 Å². The highest BCUT2D eigenvalue weighted by Crippen LogP contribution is 2.24. The maximum absolute atomic E-state index is 12.2. The number of esters is 1. The van der Waals surface area contributed by atoms with Crippen LogP contribution in [0, 0.1) is 6.92 Å². The molecule has 0 saturated carbocycles. The molecule has 10 heteroatoms. The number of fused-ring (bicyclic) bond motifs is 1. The van der Waals surface area contributed by atoms with Crippen LogP contribution in [0.2, 0.25) is 0 Å². The van der Waals surface area contributed by atoms with Crippen LogP contribution in [0.5, 0.6) is 0 Å². The molecule has 0 radical (unpaired) electrons. The van der Waals surface area contributed by atoms with Gasteiger partial charge in [0.2, 0.25) is 0 Å². The van der Waals surface area contributed by atoms with Crippen molar-refractivity contribution in [1.82, 2.24) is 19.6 Å². The molecule has 9 nitrogen and oxygen atoms in total. The van der Waals surface area contributed by atoms with Crippen LogP contribution in [-0.2, 0) is 44.2 Å². The summed E-state index contributed by atoms with van der Waals surface area (Å²) in [5, 5.41) is 2.72. The first-order valence-electron chi connectivity index (χ1n) is 10.7. The van der Waals surface area contributed by atoms with E-state index >= 15 is 0 Å². The molecule has 1 aromatic heterocycles. The molecule has 0 spiro atoms. The Labute approximate surface area is 188 Å². The van der Waals surface area contributed by atoms with E-state index in [1.165, 1.54) is 30.2 Å². The molecule has 2 aromatic rings. The summed E-state index contributed by atoms with van der Waals surface area (Å²) in [5.41, 5.74) is 3.73. The average Bonchev–Trinajstić information content (AvgIpc) is 3.11. The highest BCUT2D eigenvalue weighted by Gasteiger charge is 2.19. The molecule has 3 rings (SSSR count). The molecule has 0 bridgehead atoms. The second-order valence-corrected chi connectivity index (χ2v) is 9.78. The van der Waals surface area contributed by atoms with Crippen molar-refractivity contribution in [3.63, 3.8) is 0 Å². The van der Waals surface area contributed by atoms with E-state index in [4.69, 9.17) is 4.74 Å². The Hall–Kier alpha value is -2.72. The van der Waals surface area contributed by atoms with Crippen molar-refractivity contribution in [2.24, 2.45) is 7.05 Å². The van der Waals surface area contributed by atoms with Crippen LogP contribution in [0.25, 0.3) is 0 Å². The van der Waals surface area contributed by atoms with Crippen LogP contribution >= 0.6 is 0 Å². The lowest BCUT2D eigenvalue weighted by Crippen LogP contribution is -2.32. The molecule has 0 fully saturated rings. The molecule has 1 aliphatic carbocycles. The molecule has 1 atom stereocenters. The van der Waals surface area contributed by atoms with Crippen molar-refractivity contribution in [3.05, 3.63) is 46.9 Å². The minimum atomic E-state index is -3.81. The lowest BCUT2D eigenvalue weighted by atomic mass is 9.89. The summed E-state index contributed by atoms with van der Waals surface area (Å²) in [6.45, 7) is 3.01. The van der Waals surface area contributed by atoms with Gasteiger partial charge in [-0.3, -0.25) is 9.59 Å². The van der Waals surface area contributed by atoms with E-state index in [1.54, 1.807) is 18.5 Å². The van der Waals surface area contributed by atoms with Crippen molar-refractivity contribution in [2.75, 3.05) is 13.2 Å². The van der Waals surface area contributed by atoms with E-state index in [1.807, 2.05) is 13.0 Å². The number of nitrogens with zero attached hydrogens (tertiary/aromatic N) is 2.